The number of quaternary nitrogens is 1. The summed E-state index contributed by atoms with van der Waals surface area (Å²) in [5.41, 5.74) is 0. The lowest BCUT2D eigenvalue weighted by Crippen LogP contribution is -2.45. The molecule has 0 fully saturated rings. The smallest absolute Gasteiger partial charge is 0.268 e. The highest BCUT2D eigenvalue weighted by atomic mass is 31.2. The molecule has 0 aromatic rings. The lowest BCUT2D eigenvalue weighted by atomic mass is 10.0. The summed E-state index contributed by atoms with van der Waals surface area (Å²) in [4.78, 5) is 25.5. The van der Waals surface area contributed by atoms with Crippen LogP contribution in [-0.2, 0) is 18.4 Å². The molecule has 0 spiro atoms. The molecule has 0 aliphatic rings. The second kappa shape index (κ2) is 59.8. The fourth-order valence-corrected chi connectivity index (χ4v) is 11.6. The van der Waals surface area contributed by atoms with E-state index in [1.807, 2.05) is 27.2 Å². The third-order valence-electron chi connectivity index (χ3n) is 16.2. The summed E-state index contributed by atoms with van der Waals surface area (Å²) in [6.45, 7) is 4.70. The summed E-state index contributed by atoms with van der Waals surface area (Å²) in [6.07, 6.45) is 76.5. The van der Waals surface area contributed by atoms with E-state index in [1.54, 1.807) is 6.08 Å². The maximum absolute atomic E-state index is 13.0. The van der Waals surface area contributed by atoms with E-state index in [0.29, 0.717) is 17.4 Å². The molecule has 0 bridgehead atoms. The maximum atomic E-state index is 13.0. The van der Waals surface area contributed by atoms with Gasteiger partial charge in [0.15, 0.2) is 0 Å². The Bertz CT molecular complexity index is 1260. The second-order valence-corrected chi connectivity index (χ2v) is 26.7. The Morgan fingerprint density at radius 1 is 0.442 bits per heavy atom. The molecule has 0 saturated heterocycles. The number of amides is 1. The number of nitrogens with one attached hydrogen (secondary N) is 1. The first kappa shape index (κ1) is 76.2. The molecule has 0 aliphatic carbocycles. The zero-order chi connectivity index (χ0) is 56.3. The second-order valence-electron chi connectivity index (χ2n) is 25.3. The number of carbonyl (C=O) groups is 1. The first-order valence-electron chi connectivity index (χ1n) is 34.6. The lowest BCUT2D eigenvalue weighted by Gasteiger charge is -2.29. The van der Waals surface area contributed by atoms with Gasteiger partial charge in [0.25, 0.3) is 7.82 Å². The number of carbonyl (C=O) groups excluding carboxylic acids is 1. The number of phosphoric acid groups is 1. The number of nitrogens with zero attached hydrogens (tertiary/aromatic N) is 1. The van der Waals surface area contributed by atoms with E-state index in [-0.39, 0.29) is 19.1 Å². The molecule has 0 aromatic carbocycles. The van der Waals surface area contributed by atoms with Gasteiger partial charge in [-0.15, -0.1) is 0 Å². The van der Waals surface area contributed by atoms with Gasteiger partial charge in [0.05, 0.1) is 39.9 Å². The molecule has 0 heterocycles. The van der Waals surface area contributed by atoms with Gasteiger partial charge in [-0.1, -0.05) is 353 Å². The van der Waals surface area contributed by atoms with E-state index < -0.39 is 20.0 Å². The Morgan fingerprint density at radius 3 is 0.974 bits per heavy atom. The fourth-order valence-electron chi connectivity index (χ4n) is 10.9. The van der Waals surface area contributed by atoms with Gasteiger partial charge in [-0.3, -0.25) is 9.36 Å². The summed E-state index contributed by atoms with van der Waals surface area (Å²) >= 11 is 0. The lowest BCUT2D eigenvalue weighted by molar-refractivity contribution is -0.870. The molecular weight excluding hydrogens is 972 g/mol. The summed E-state index contributed by atoms with van der Waals surface area (Å²) in [5, 5.41) is 13.9. The van der Waals surface area contributed by atoms with Crippen molar-refractivity contribution in [3.05, 3.63) is 12.2 Å². The average Bonchev–Trinajstić information content (AvgIpc) is 3.39. The minimum absolute atomic E-state index is 0.00259. The molecule has 77 heavy (non-hydrogen) atoms. The largest absolute Gasteiger partial charge is 0.756 e. The first-order valence-corrected chi connectivity index (χ1v) is 36.0. The number of phosphoric ester groups is 1. The molecule has 8 nitrogen and oxygen atoms in total. The van der Waals surface area contributed by atoms with Crippen molar-refractivity contribution in [3.8, 4) is 0 Å². The summed E-state index contributed by atoms with van der Waals surface area (Å²) in [6, 6.07) is -0.882. The van der Waals surface area contributed by atoms with Crippen molar-refractivity contribution in [1.82, 2.24) is 5.32 Å². The van der Waals surface area contributed by atoms with Crippen LogP contribution in [0.3, 0.4) is 0 Å². The third kappa shape index (κ3) is 62.7. The van der Waals surface area contributed by atoms with Crippen molar-refractivity contribution >= 4 is 13.7 Å². The monoisotopic (exact) mass is 1110 g/mol. The van der Waals surface area contributed by atoms with Crippen molar-refractivity contribution < 1.29 is 32.9 Å². The molecule has 0 saturated carbocycles. The highest BCUT2D eigenvalue weighted by Crippen LogP contribution is 2.38. The molecule has 3 atom stereocenters. The fraction of sp³-hybridized carbons (Fsp3) is 0.956. The molecule has 1 amide bonds. The Balaban J connectivity index is 3.80. The van der Waals surface area contributed by atoms with Gasteiger partial charge < -0.3 is 28.8 Å². The van der Waals surface area contributed by atoms with Crippen LogP contribution in [0.15, 0.2) is 12.2 Å². The number of hydrogen-bond donors (Lipinski definition) is 2. The van der Waals surface area contributed by atoms with Crippen molar-refractivity contribution in [2.24, 2.45) is 0 Å². The van der Waals surface area contributed by atoms with Gasteiger partial charge in [0.2, 0.25) is 5.91 Å². The molecule has 0 aliphatic heterocycles. The molecular formula is C68H137N2O6P. The average molecular weight is 1110 g/mol. The van der Waals surface area contributed by atoms with Crippen LogP contribution in [0.4, 0.5) is 0 Å². The van der Waals surface area contributed by atoms with Crippen molar-refractivity contribution in [3.63, 3.8) is 0 Å². The number of hydrogen-bond acceptors (Lipinski definition) is 6. The van der Waals surface area contributed by atoms with Crippen LogP contribution in [0.2, 0.25) is 0 Å². The van der Waals surface area contributed by atoms with E-state index in [2.05, 4.69) is 19.2 Å². The number of likely N-dealkylation sites (N-methyl/N-ethyl adjacent to an activating group) is 1. The number of rotatable bonds is 65. The van der Waals surface area contributed by atoms with Gasteiger partial charge >= 0.3 is 0 Å². The molecule has 0 rings (SSSR count). The molecule has 0 aromatic heterocycles. The minimum atomic E-state index is -4.59. The van der Waals surface area contributed by atoms with Crippen LogP contribution in [0, 0.1) is 0 Å². The molecule has 9 heteroatoms. The van der Waals surface area contributed by atoms with Gasteiger partial charge in [0, 0.05) is 6.42 Å². The Kier molecular flexibility index (Phi) is 59.3. The third-order valence-corrected chi connectivity index (χ3v) is 17.2. The zero-order valence-corrected chi connectivity index (χ0v) is 53.6. The van der Waals surface area contributed by atoms with Gasteiger partial charge in [0.1, 0.15) is 13.2 Å². The van der Waals surface area contributed by atoms with Crippen molar-refractivity contribution in [1.29, 1.82) is 0 Å². The summed E-state index contributed by atoms with van der Waals surface area (Å²) in [7, 11) is 1.28. The van der Waals surface area contributed by atoms with Gasteiger partial charge in [-0.05, 0) is 19.3 Å². The zero-order valence-electron chi connectivity index (χ0n) is 52.7. The number of aliphatic hydroxyl groups excluding tert-OH is 1. The summed E-state index contributed by atoms with van der Waals surface area (Å²) in [5.74, 6) is -0.189. The van der Waals surface area contributed by atoms with Crippen LogP contribution < -0.4 is 10.2 Å². The summed E-state index contributed by atoms with van der Waals surface area (Å²) < 4.78 is 23.4. The SMILES string of the molecule is CCCCCCCCCCCCCC/C=C/C(O)C(COP(=O)([O-])OCC[N+](C)(C)C)NC(=O)CCCCCCCCCCCCCCCCCCCCCCCCCCCCCCCCCCCCCCCCCCC. The Labute approximate surface area is 482 Å². The minimum Gasteiger partial charge on any atom is -0.756 e. The first-order chi connectivity index (χ1) is 37.5. The highest BCUT2D eigenvalue weighted by Gasteiger charge is 2.23. The molecule has 2 N–H and O–H groups in total. The van der Waals surface area contributed by atoms with Crippen molar-refractivity contribution in [2.75, 3.05) is 40.9 Å². The van der Waals surface area contributed by atoms with Crippen LogP contribution in [0.1, 0.15) is 367 Å². The molecule has 460 valence electrons. The van der Waals surface area contributed by atoms with Gasteiger partial charge in [-0.2, -0.15) is 0 Å². The van der Waals surface area contributed by atoms with E-state index in [9.17, 15) is 19.4 Å². The Hall–Kier alpha value is -0.760. The maximum Gasteiger partial charge on any atom is 0.268 e. The van der Waals surface area contributed by atoms with E-state index in [4.69, 9.17) is 9.05 Å². The predicted octanol–water partition coefficient (Wildman–Crippen LogP) is 21.1. The molecule has 0 radical (unpaired) electrons. The topological polar surface area (TPSA) is 108 Å². The number of aliphatic hydroxyl groups is 1. The van der Waals surface area contributed by atoms with Crippen LogP contribution >= 0.6 is 7.82 Å². The van der Waals surface area contributed by atoms with Crippen molar-refractivity contribution in [2.45, 2.75) is 379 Å². The van der Waals surface area contributed by atoms with Gasteiger partial charge in [-0.25, -0.2) is 0 Å². The van der Waals surface area contributed by atoms with E-state index in [0.717, 1.165) is 38.5 Å². The van der Waals surface area contributed by atoms with E-state index in [1.165, 1.54) is 308 Å². The predicted molar refractivity (Wildman–Crippen MR) is 335 cm³/mol. The Morgan fingerprint density at radius 2 is 0.701 bits per heavy atom. The molecule has 3 unspecified atom stereocenters. The quantitative estimate of drug-likeness (QED) is 0.0272. The van der Waals surface area contributed by atoms with Crippen LogP contribution in [0.25, 0.3) is 0 Å². The number of unbranched alkanes of at least 4 members (excludes halogenated alkanes) is 52. The highest BCUT2D eigenvalue weighted by molar-refractivity contribution is 7.45. The van der Waals surface area contributed by atoms with E-state index >= 15 is 0 Å². The van der Waals surface area contributed by atoms with Crippen LogP contribution in [-0.4, -0.2) is 68.5 Å². The normalized spacial score (nSPS) is 13.7. The standard InChI is InChI=1S/C68H137N2O6P/c1-6-8-10-12-14-16-18-20-22-23-24-25-26-27-28-29-30-31-32-33-34-35-36-37-38-39-40-41-42-43-44-45-46-47-48-50-52-54-56-58-60-62-68(72)69-66(65-76-77(73,74)75-64-63-70(3,4)5)67(71)61-59-57-55-53-51-49-21-19-17-15-13-11-9-7-2/h59,61,66-67,71H,6-58,60,62-65H2,1-5H3,(H-,69,72,73,74)/b61-59+. The number of allylic oxidation sites excluding steroid dienone is 1. The van der Waals surface area contributed by atoms with Crippen LogP contribution in [0.5, 0.6) is 0 Å².